The second-order valence-corrected chi connectivity index (χ2v) is 7.84. The van der Waals surface area contributed by atoms with Crippen molar-refractivity contribution in [1.29, 1.82) is 0 Å². The molecular weight excluding hydrogens is 238 g/mol. The molecule has 1 N–H and O–H groups in total. The normalized spacial score (nSPS) is 41.5. The van der Waals surface area contributed by atoms with E-state index >= 15 is 0 Å². The van der Waals surface area contributed by atoms with Crippen LogP contribution in [-0.2, 0) is 14.6 Å². The van der Waals surface area contributed by atoms with Crippen LogP contribution in [0, 0.1) is 0 Å². The van der Waals surface area contributed by atoms with Crippen LogP contribution >= 0.6 is 0 Å². The standard InChI is InChI=1S/C12H23NO3S/c1-3-12(2)8-10(4-6-16-12)13-11-5-7-17(14,15)9-11/h10-11,13H,3-9H2,1-2H3. The van der Waals surface area contributed by atoms with Gasteiger partial charge in [0, 0.05) is 18.7 Å². The Morgan fingerprint density at radius 2 is 2.12 bits per heavy atom. The minimum atomic E-state index is -2.77. The second-order valence-electron chi connectivity index (χ2n) is 5.61. The maximum atomic E-state index is 11.4. The molecule has 2 rings (SSSR count). The van der Waals surface area contributed by atoms with Crippen molar-refractivity contribution in [2.75, 3.05) is 18.1 Å². The van der Waals surface area contributed by atoms with Gasteiger partial charge in [-0.25, -0.2) is 8.42 Å². The summed E-state index contributed by atoms with van der Waals surface area (Å²) < 4.78 is 28.6. The van der Waals surface area contributed by atoms with E-state index in [9.17, 15) is 8.42 Å². The van der Waals surface area contributed by atoms with Crippen molar-refractivity contribution in [3.05, 3.63) is 0 Å². The molecular formula is C12H23NO3S. The summed E-state index contributed by atoms with van der Waals surface area (Å²) >= 11 is 0. The number of hydrogen-bond donors (Lipinski definition) is 1. The summed E-state index contributed by atoms with van der Waals surface area (Å²) in [6.45, 7) is 5.07. The van der Waals surface area contributed by atoms with E-state index in [0.29, 0.717) is 17.5 Å². The van der Waals surface area contributed by atoms with Crippen LogP contribution in [0.25, 0.3) is 0 Å². The molecule has 0 bridgehead atoms. The van der Waals surface area contributed by atoms with Crippen LogP contribution in [0.5, 0.6) is 0 Å². The van der Waals surface area contributed by atoms with Crippen molar-refractivity contribution in [3.63, 3.8) is 0 Å². The molecule has 100 valence electrons. The third-order valence-corrected chi connectivity index (χ3v) is 5.81. The molecule has 0 amide bonds. The first-order chi connectivity index (χ1) is 7.92. The van der Waals surface area contributed by atoms with Gasteiger partial charge in [0.15, 0.2) is 9.84 Å². The average Bonchev–Trinajstić information content (AvgIpc) is 2.58. The number of nitrogens with one attached hydrogen (secondary N) is 1. The Balaban J connectivity index is 1.88. The van der Waals surface area contributed by atoms with Crippen molar-refractivity contribution >= 4 is 9.84 Å². The molecule has 3 unspecified atom stereocenters. The van der Waals surface area contributed by atoms with Gasteiger partial charge in [-0.2, -0.15) is 0 Å². The Bertz CT molecular complexity index is 368. The second kappa shape index (κ2) is 4.86. The lowest BCUT2D eigenvalue weighted by molar-refractivity contribution is -0.0788. The molecule has 2 saturated heterocycles. The van der Waals surface area contributed by atoms with Gasteiger partial charge in [0.05, 0.1) is 17.1 Å². The van der Waals surface area contributed by atoms with E-state index in [4.69, 9.17) is 4.74 Å². The summed E-state index contributed by atoms with van der Waals surface area (Å²) in [6.07, 6.45) is 3.75. The lowest BCUT2D eigenvalue weighted by Gasteiger charge is -2.39. The highest BCUT2D eigenvalue weighted by atomic mass is 32.2. The zero-order valence-electron chi connectivity index (χ0n) is 10.7. The Hall–Kier alpha value is -0.130. The first-order valence-corrected chi connectivity index (χ1v) is 8.35. The molecule has 2 fully saturated rings. The molecule has 5 heteroatoms. The van der Waals surface area contributed by atoms with E-state index in [1.807, 2.05) is 0 Å². The fourth-order valence-corrected chi connectivity index (χ4v) is 4.46. The summed E-state index contributed by atoms with van der Waals surface area (Å²) in [5.74, 6) is 0.659. The molecule has 4 nitrogen and oxygen atoms in total. The van der Waals surface area contributed by atoms with Gasteiger partial charge in [-0.05, 0) is 32.6 Å². The topological polar surface area (TPSA) is 55.4 Å². The lowest BCUT2D eigenvalue weighted by atomic mass is 9.89. The van der Waals surface area contributed by atoms with Gasteiger partial charge in [0.2, 0.25) is 0 Å². The van der Waals surface area contributed by atoms with E-state index in [2.05, 4.69) is 19.2 Å². The Labute approximate surface area is 104 Å². The average molecular weight is 261 g/mol. The number of sulfone groups is 1. The smallest absolute Gasteiger partial charge is 0.151 e. The van der Waals surface area contributed by atoms with Crippen LogP contribution in [-0.4, -0.2) is 44.2 Å². The number of ether oxygens (including phenoxy) is 1. The first-order valence-electron chi connectivity index (χ1n) is 6.53. The summed E-state index contributed by atoms with van der Waals surface area (Å²) in [6, 6.07) is 0.566. The van der Waals surface area contributed by atoms with Crippen molar-refractivity contribution in [2.24, 2.45) is 0 Å². The maximum Gasteiger partial charge on any atom is 0.151 e. The van der Waals surface area contributed by atoms with Gasteiger partial charge >= 0.3 is 0 Å². The molecule has 2 aliphatic heterocycles. The molecule has 2 aliphatic rings. The van der Waals surface area contributed by atoms with Gasteiger partial charge in [-0.15, -0.1) is 0 Å². The Kier molecular flexibility index (Phi) is 3.80. The third-order valence-electron chi connectivity index (χ3n) is 4.05. The van der Waals surface area contributed by atoms with Crippen LogP contribution in [0.1, 0.15) is 39.5 Å². The van der Waals surface area contributed by atoms with Crippen LogP contribution in [0.15, 0.2) is 0 Å². The zero-order chi connectivity index (χ0) is 12.5. The molecule has 0 aromatic carbocycles. The van der Waals surface area contributed by atoms with E-state index in [-0.39, 0.29) is 11.6 Å². The Morgan fingerprint density at radius 3 is 2.71 bits per heavy atom. The quantitative estimate of drug-likeness (QED) is 0.827. The van der Waals surface area contributed by atoms with Gasteiger partial charge in [-0.1, -0.05) is 6.92 Å². The molecule has 0 radical (unpaired) electrons. The summed E-state index contributed by atoms with van der Waals surface area (Å²) in [5, 5.41) is 3.50. The lowest BCUT2D eigenvalue weighted by Crippen LogP contribution is -2.48. The molecule has 2 heterocycles. The first kappa shape index (κ1) is 13.3. The van der Waals surface area contributed by atoms with E-state index < -0.39 is 9.84 Å². The van der Waals surface area contributed by atoms with E-state index in [1.54, 1.807) is 0 Å². The minimum absolute atomic E-state index is 0.0343. The zero-order valence-corrected chi connectivity index (χ0v) is 11.6. The third kappa shape index (κ3) is 3.42. The summed E-state index contributed by atoms with van der Waals surface area (Å²) in [7, 11) is -2.77. The highest BCUT2D eigenvalue weighted by molar-refractivity contribution is 7.91. The van der Waals surface area contributed by atoms with Gasteiger partial charge in [-0.3, -0.25) is 0 Å². The highest BCUT2D eigenvalue weighted by Gasteiger charge is 2.35. The van der Waals surface area contributed by atoms with Crippen molar-refractivity contribution in [2.45, 2.75) is 57.2 Å². The summed E-state index contributed by atoms with van der Waals surface area (Å²) in [4.78, 5) is 0. The SMILES string of the molecule is CCC1(C)CC(NC2CCS(=O)(=O)C2)CCO1. The van der Waals surface area contributed by atoms with Crippen molar-refractivity contribution < 1.29 is 13.2 Å². The number of hydrogen-bond acceptors (Lipinski definition) is 4. The fourth-order valence-electron chi connectivity index (χ4n) is 2.78. The molecule has 3 atom stereocenters. The largest absolute Gasteiger partial charge is 0.375 e. The highest BCUT2D eigenvalue weighted by Crippen LogP contribution is 2.28. The van der Waals surface area contributed by atoms with Gasteiger partial charge < -0.3 is 10.1 Å². The molecule has 0 spiro atoms. The fraction of sp³-hybridized carbons (Fsp3) is 1.00. The van der Waals surface area contributed by atoms with Gasteiger partial charge in [0.25, 0.3) is 0 Å². The van der Waals surface area contributed by atoms with Crippen LogP contribution in [0.4, 0.5) is 0 Å². The van der Waals surface area contributed by atoms with E-state index in [1.165, 1.54) is 0 Å². The van der Waals surface area contributed by atoms with Crippen LogP contribution in [0.2, 0.25) is 0 Å². The predicted molar refractivity (Wildman–Crippen MR) is 67.9 cm³/mol. The van der Waals surface area contributed by atoms with E-state index in [0.717, 1.165) is 32.3 Å². The van der Waals surface area contributed by atoms with Crippen LogP contribution in [0.3, 0.4) is 0 Å². The maximum absolute atomic E-state index is 11.4. The van der Waals surface area contributed by atoms with Crippen LogP contribution < -0.4 is 5.32 Å². The monoisotopic (exact) mass is 261 g/mol. The minimum Gasteiger partial charge on any atom is -0.375 e. The molecule has 0 aromatic heterocycles. The molecule has 0 aliphatic carbocycles. The van der Waals surface area contributed by atoms with Crippen molar-refractivity contribution in [3.8, 4) is 0 Å². The molecule has 0 saturated carbocycles. The predicted octanol–water partition coefficient (Wildman–Crippen LogP) is 1.11. The summed E-state index contributed by atoms with van der Waals surface area (Å²) in [5.41, 5.74) is -0.0343. The molecule has 0 aromatic rings. The Morgan fingerprint density at radius 1 is 1.35 bits per heavy atom. The molecule has 17 heavy (non-hydrogen) atoms. The van der Waals surface area contributed by atoms with Crippen molar-refractivity contribution in [1.82, 2.24) is 5.32 Å². The van der Waals surface area contributed by atoms with Gasteiger partial charge in [0.1, 0.15) is 0 Å². The number of rotatable bonds is 3.